The second-order valence-corrected chi connectivity index (χ2v) is 6.15. The fourth-order valence-electron chi connectivity index (χ4n) is 1.55. The maximum absolute atomic E-state index is 5.95. The summed E-state index contributed by atoms with van der Waals surface area (Å²) < 4.78 is 0. The quantitative estimate of drug-likeness (QED) is 0.827. The molecule has 3 nitrogen and oxygen atoms in total. The summed E-state index contributed by atoms with van der Waals surface area (Å²) in [7, 11) is 0. The predicted octanol–water partition coefficient (Wildman–Crippen LogP) is 4.30. The Labute approximate surface area is 126 Å². The van der Waals surface area contributed by atoms with Crippen molar-refractivity contribution >= 4 is 51.0 Å². The third-order valence-corrected chi connectivity index (χ3v) is 3.83. The van der Waals surface area contributed by atoms with Crippen molar-refractivity contribution in [1.82, 2.24) is 4.98 Å². The van der Waals surface area contributed by atoms with Crippen LogP contribution in [0.5, 0.6) is 0 Å². The van der Waals surface area contributed by atoms with E-state index < -0.39 is 0 Å². The molecule has 0 aliphatic heterocycles. The van der Waals surface area contributed by atoms with Gasteiger partial charge in [-0.05, 0) is 24.1 Å². The van der Waals surface area contributed by atoms with Gasteiger partial charge in [-0.15, -0.1) is 11.3 Å². The lowest BCUT2D eigenvalue weighted by molar-refractivity contribution is 0.834. The monoisotopic (exact) mass is 311 g/mol. The van der Waals surface area contributed by atoms with Crippen molar-refractivity contribution in [2.45, 2.75) is 19.8 Å². The summed E-state index contributed by atoms with van der Waals surface area (Å²) in [5.41, 5.74) is 8.32. The van der Waals surface area contributed by atoms with Gasteiger partial charge in [0.15, 0.2) is 5.13 Å². The highest BCUT2D eigenvalue weighted by molar-refractivity contribution is 7.80. The number of aromatic nitrogens is 1. The molecule has 0 saturated carbocycles. The molecule has 0 fully saturated rings. The molecule has 0 aliphatic rings. The van der Waals surface area contributed by atoms with E-state index in [1.54, 1.807) is 23.5 Å². The van der Waals surface area contributed by atoms with Gasteiger partial charge in [-0.2, -0.15) is 0 Å². The zero-order valence-electron chi connectivity index (χ0n) is 10.6. The van der Waals surface area contributed by atoms with Crippen LogP contribution >= 0.6 is 35.2 Å². The Morgan fingerprint density at radius 2 is 2.21 bits per heavy atom. The minimum Gasteiger partial charge on any atom is -0.389 e. The lowest BCUT2D eigenvalue weighted by Gasteiger charge is -2.09. The molecule has 2 rings (SSSR count). The van der Waals surface area contributed by atoms with Gasteiger partial charge in [0.2, 0.25) is 0 Å². The van der Waals surface area contributed by atoms with E-state index in [1.165, 1.54) is 0 Å². The molecule has 0 spiro atoms. The highest BCUT2D eigenvalue weighted by atomic mass is 35.5. The molecule has 1 aromatic heterocycles. The van der Waals surface area contributed by atoms with Crippen molar-refractivity contribution in [3.05, 3.63) is 39.9 Å². The second kappa shape index (κ2) is 5.86. The van der Waals surface area contributed by atoms with Crippen molar-refractivity contribution in [2.75, 3.05) is 5.32 Å². The Kier molecular flexibility index (Phi) is 4.39. The zero-order chi connectivity index (χ0) is 14.0. The topological polar surface area (TPSA) is 50.9 Å². The number of benzene rings is 1. The first-order valence-corrected chi connectivity index (χ1v) is 7.45. The van der Waals surface area contributed by atoms with Crippen molar-refractivity contribution < 1.29 is 0 Å². The number of nitrogens with zero attached hydrogens (tertiary/aromatic N) is 1. The summed E-state index contributed by atoms with van der Waals surface area (Å²) in [5.74, 6) is 0.409. The van der Waals surface area contributed by atoms with E-state index in [9.17, 15) is 0 Å². The zero-order valence-corrected chi connectivity index (χ0v) is 13.0. The van der Waals surface area contributed by atoms with Gasteiger partial charge in [0, 0.05) is 16.0 Å². The number of halogens is 1. The predicted molar refractivity (Wildman–Crippen MR) is 86.8 cm³/mol. The first-order valence-electron chi connectivity index (χ1n) is 5.79. The summed E-state index contributed by atoms with van der Waals surface area (Å²) in [6, 6.07) is 5.40. The van der Waals surface area contributed by atoms with Gasteiger partial charge < -0.3 is 11.1 Å². The van der Waals surface area contributed by atoms with Crippen LogP contribution in [0.15, 0.2) is 23.6 Å². The van der Waals surface area contributed by atoms with Crippen LogP contribution in [-0.2, 0) is 0 Å². The van der Waals surface area contributed by atoms with Crippen molar-refractivity contribution in [1.29, 1.82) is 0 Å². The van der Waals surface area contributed by atoms with Gasteiger partial charge in [0.05, 0.1) is 11.4 Å². The number of thiazole rings is 1. The van der Waals surface area contributed by atoms with Crippen LogP contribution in [0.4, 0.5) is 10.8 Å². The lowest BCUT2D eigenvalue weighted by atomic mass is 10.2. The molecule has 3 N–H and O–H groups in total. The van der Waals surface area contributed by atoms with E-state index in [2.05, 4.69) is 24.1 Å². The van der Waals surface area contributed by atoms with Crippen LogP contribution in [-0.4, -0.2) is 9.97 Å². The molecule has 0 radical (unpaired) electrons. The first-order chi connectivity index (χ1) is 8.97. The Balaban J connectivity index is 2.29. The standard InChI is InChI=1S/C13H14ClN3S2/c1-7(2)11-6-19-13(17-11)16-10-4-3-8(14)5-9(10)12(15)18/h3-7H,1-2H3,(H2,15,18)(H,16,17). The number of hydrogen-bond acceptors (Lipinski definition) is 4. The number of thiocarbonyl (C=S) groups is 1. The molecule has 6 heteroatoms. The number of hydrogen-bond donors (Lipinski definition) is 2. The number of nitrogens with two attached hydrogens (primary N) is 1. The third kappa shape index (κ3) is 3.43. The largest absolute Gasteiger partial charge is 0.389 e. The molecule has 1 aromatic carbocycles. The van der Waals surface area contributed by atoms with E-state index in [0.717, 1.165) is 22.1 Å². The van der Waals surface area contributed by atoms with Gasteiger partial charge in [0.25, 0.3) is 0 Å². The van der Waals surface area contributed by atoms with Gasteiger partial charge in [0.1, 0.15) is 4.99 Å². The minimum atomic E-state index is 0.311. The van der Waals surface area contributed by atoms with Crippen LogP contribution in [0.2, 0.25) is 5.02 Å². The highest BCUT2D eigenvalue weighted by Gasteiger charge is 2.10. The molecule has 0 unspecified atom stereocenters. The van der Waals surface area contributed by atoms with E-state index >= 15 is 0 Å². The second-order valence-electron chi connectivity index (χ2n) is 4.41. The Morgan fingerprint density at radius 3 is 2.79 bits per heavy atom. The van der Waals surface area contributed by atoms with Crippen LogP contribution in [0.25, 0.3) is 0 Å². The minimum absolute atomic E-state index is 0.311. The maximum Gasteiger partial charge on any atom is 0.187 e. The average molecular weight is 312 g/mol. The molecule has 0 aliphatic carbocycles. The molecule has 0 atom stereocenters. The van der Waals surface area contributed by atoms with Gasteiger partial charge in [-0.1, -0.05) is 37.7 Å². The van der Waals surface area contributed by atoms with E-state index in [4.69, 9.17) is 29.6 Å². The van der Waals surface area contributed by atoms with Gasteiger partial charge >= 0.3 is 0 Å². The Bertz CT molecular complexity index is 608. The first kappa shape index (κ1) is 14.2. The number of rotatable bonds is 4. The van der Waals surface area contributed by atoms with Crippen molar-refractivity contribution in [3.8, 4) is 0 Å². The molecule has 0 amide bonds. The molecule has 2 aromatic rings. The van der Waals surface area contributed by atoms with Crippen molar-refractivity contribution in [2.24, 2.45) is 5.73 Å². The molecular formula is C13H14ClN3S2. The summed E-state index contributed by atoms with van der Waals surface area (Å²) in [6.07, 6.45) is 0. The van der Waals surface area contributed by atoms with Crippen molar-refractivity contribution in [3.63, 3.8) is 0 Å². The van der Waals surface area contributed by atoms with E-state index in [1.807, 2.05) is 11.4 Å². The summed E-state index contributed by atoms with van der Waals surface area (Å²) in [5, 5.41) is 6.71. The summed E-state index contributed by atoms with van der Waals surface area (Å²) in [4.78, 5) is 4.83. The number of nitrogens with one attached hydrogen (secondary N) is 1. The maximum atomic E-state index is 5.95. The molecule has 19 heavy (non-hydrogen) atoms. The number of anilines is 2. The molecule has 100 valence electrons. The highest BCUT2D eigenvalue weighted by Crippen LogP contribution is 2.28. The SMILES string of the molecule is CC(C)c1csc(Nc2ccc(Cl)cc2C(N)=S)n1. The molecular weight excluding hydrogens is 298 g/mol. The molecule has 0 saturated heterocycles. The Hall–Kier alpha value is -1.17. The van der Waals surface area contributed by atoms with Gasteiger partial charge in [-0.3, -0.25) is 0 Å². The Morgan fingerprint density at radius 1 is 1.47 bits per heavy atom. The van der Waals surface area contributed by atoms with Crippen LogP contribution < -0.4 is 11.1 Å². The smallest absolute Gasteiger partial charge is 0.187 e. The third-order valence-electron chi connectivity index (χ3n) is 2.60. The van der Waals surface area contributed by atoms with Gasteiger partial charge in [-0.25, -0.2) is 4.98 Å². The fourth-order valence-corrected chi connectivity index (χ4v) is 2.78. The van der Waals surface area contributed by atoms with Crippen LogP contribution in [0.3, 0.4) is 0 Å². The van der Waals surface area contributed by atoms with E-state index in [0.29, 0.717) is 15.9 Å². The fraction of sp³-hybridized carbons (Fsp3) is 0.231. The molecule has 1 heterocycles. The molecule has 0 bridgehead atoms. The van der Waals surface area contributed by atoms with E-state index in [-0.39, 0.29) is 0 Å². The average Bonchev–Trinajstić information content (AvgIpc) is 2.80. The lowest BCUT2D eigenvalue weighted by Crippen LogP contribution is -2.11. The summed E-state index contributed by atoms with van der Waals surface area (Å²) >= 11 is 12.5. The van der Waals surface area contributed by atoms with Crippen LogP contribution in [0.1, 0.15) is 31.0 Å². The summed E-state index contributed by atoms with van der Waals surface area (Å²) in [6.45, 7) is 4.23. The van der Waals surface area contributed by atoms with Crippen LogP contribution in [0, 0.1) is 0 Å². The normalized spacial score (nSPS) is 10.7.